The Bertz CT molecular complexity index is 795. The monoisotopic (exact) mass is 395 g/mol. The van der Waals surface area contributed by atoms with Crippen LogP contribution < -0.4 is 15.1 Å². The molecular weight excluding hydrogens is 366 g/mol. The molecule has 6 heteroatoms. The maximum Gasteiger partial charge on any atom is 0.251 e. The number of anilines is 2. The maximum atomic E-state index is 12.7. The fraction of sp³-hybridized carbons (Fsp3) is 0.435. The first-order valence-corrected chi connectivity index (χ1v) is 10.4. The number of carbonyl (C=O) groups excluding carboxylic acids is 1. The molecule has 2 fully saturated rings. The largest absolute Gasteiger partial charge is 0.378 e. The normalized spacial score (nSPS) is 18.4. The number of hydrogen-bond donors (Lipinski definition) is 1. The highest BCUT2D eigenvalue weighted by Gasteiger charge is 2.15. The van der Waals surface area contributed by atoms with E-state index < -0.39 is 0 Å². The molecule has 0 radical (unpaired) electrons. The van der Waals surface area contributed by atoms with Gasteiger partial charge in [-0.25, -0.2) is 0 Å². The van der Waals surface area contributed by atoms with Crippen molar-refractivity contribution < 1.29 is 14.3 Å². The van der Waals surface area contributed by atoms with E-state index in [2.05, 4.69) is 39.4 Å². The molecule has 1 amide bonds. The Morgan fingerprint density at radius 1 is 0.793 bits per heavy atom. The third kappa shape index (κ3) is 4.89. The van der Waals surface area contributed by atoms with Crippen LogP contribution in [0.15, 0.2) is 48.5 Å². The molecule has 1 atom stereocenters. The van der Waals surface area contributed by atoms with E-state index in [9.17, 15) is 4.79 Å². The minimum atomic E-state index is -0.0554. The summed E-state index contributed by atoms with van der Waals surface area (Å²) in [5.74, 6) is -0.0525. The summed E-state index contributed by atoms with van der Waals surface area (Å²) in [5.41, 5.74) is 4.12. The predicted molar refractivity (Wildman–Crippen MR) is 115 cm³/mol. The Morgan fingerprint density at radius 2 is 1.24 bits per heavy atom. The van der Waals surface area contributed by atoms with Crippen molar-refractivity contribution in [1.29, 1.82) is 0 Å². The molecule has 0 saturated carbocycles. The van der Waals surface area contributed by atoms with Gasteiger partial charge in [0.15, 0.2) is 0 Å². The highest BCUT2D eigenvalue weighted by molar-refractivity contribution is 5.94. The fourth-order valence-corrected chi connectivity index (χ4v) is 3.80. The molecule has 2 aliphatic heterocycles. The summed E-state index contributed by atoms with van der Waals surface area (Å²) in [4.78, 5) is 17.3. The quantitative estimate of drug-likeness (QED) is 0.844. The number of hydrogen-bond acceptors (Lipinski definition) is 5. The molecule has 2 saturated heterocycles. The van der Waals surface area contributed by atoms with Crippen LogP contribution in [0, 0.1) is 0 Å². The van der Waals surface area contributed by atoms with Gasteiger partial charge in [-0.15, -0.1) is 0 Å². The Hall–Kier alpha value is -2.57. The van der Waals surface area contributed by atoms with E-state index in [1.807, 2.05) is 31.2 Å². The standard InChI is InChI=1S/C23H29N3O3/c1-18(19-2-6-21(7-3-19)25-10-14-28-15-11-25)24-23(27)20-4-8-22(9-5-20)26-12-16-29-17-13-26/h2-9,18H,10-17H2,1H3,(H,24,27)/t18-/m0/s1. The molecule has 2 aromatic rings. The van der Waals surface area contributed by atoms with Crippen molar-refractivity contribution in [3.8, 4) is 0 Å². The highest BCUT2D eigenvalue weighted by atomic mass is 16.5. The van der Waals surface area contributed by atoms with Crippen LogP contribution >= 0.6 is 0 Å². The second-order valence-electron chi connectivity index (χ2n) is 7.53. The molecule has 1 N–H and O–H groups in total. The minimum absolute atomic E-state index is 0.0525. The Balaban J connectivity index is 1.35. The van der Waals surface area contributed by atoms with Crippen LogP contribution in [0.3, 0.4) is 0 Å². The molecule has 29 heavy (non-hydrogen) atoms. The summed E-state index contributed by atoms with van der Waals surface area (Å²) in [5, 5.41) is 3.10. The second-order valence-corrected chi connectivity index (χ2v) is 7.53. The van der Waals surface area contributed by atoms with Crippen LogP contribution in [0.5, 0.6) is 0 Å². The molecule has 2 aromatic carbocycles. The lowest BCUT2D eigenvalue weighted by atomic mass is 10.1. The number of nitrogens with zero attached hydrogens (tertiary/aromatic N) is 2. The van der Waals surface area contributed by atoms with Gasteiger partial charge in [-0.2, -0.15) is 0 Å². The third-order valence-electron chi connectivity index (χ3n) is 5.62. The number of carbonyl (C=O) groups is 1. The van der Waals surface area contributed by atoms with E-state index in [4.69, 9.17) is 9.47 Å². The van der Waals surface area contributed by atoms with Crippen LogP contribution in [-0.4, -0.2) is 58.5 Å². The number of morpholine rings is 2. The number of amides is 1. The van der Waals surface area contributed by atoms with Crippen molar-refractivity contribution in [2.45, 2.75) is 13.0 Å². The average Bonchev–Trinajstić information content (AvgIpc) is 2.80. The van der Waals surface area contributed by atoms with Crippen molar-refractivity contribution in [3.63, 3.8) is 0 Å². The molecule has 0 aromatic heterocycles. The first kappa shape index (κ1) is 19.7. The number of benzene rings is 2. The molecule has 2 heterocycles. The molecule has 0 bridgehead atoms. The number of ether oxygens (including phenoxy) is 2. The van der Waals surface area contributed by atoms with Gasteiger partial charge in [0.2, 0.25) is 0 Å². The van der Waals surface area contributed by atoms with Crippen LogP contribution in [0.4, 0.5) is 11.4 Å². The van der Waals surface area contributed by atoms with E-state index in [1.165, 1.54) is 5.69 Å². The summed E-state index contributed by atoms with van der Waals surface area (Å²) in [6.07, 6.45) is 0. The van der Waals surface area contributed by atoms with E-state index in [-0.39, 0.29) is 11.9 Å². The van der Waals surface area contributed by atoms with Crippen LogP contribution in [0.2, 0.25) is 0 Å². The summed E-state index contributed by atoms with van der Waals surface area (Å²) in [6, 6.07) is 16.2. The van der Waals surface area contributed by atoms with Gasteiger partial charge < -0.3 is 24.6 Å². The van der Waals surface area contributed by atoms with Crippen molar-refractivity contribution >= 4 is 17.3 Å². The Morgan fingerprint density at radius 3 is 1.72 bits per heavy atom. The lowest BCUT2D eigenvalue weighted by molar-refractivity contribution is 0.0939. The van der Waals surface area contributed by atoms with Gasteiger partial charge in [0, 0.05) is 43.1 Å². The van der Waals surface area contributed by atoms with Crippen LogP contribution in [0.25, 0.3) is 0 Å². The van der Waals surface area contributed by atoms with Gasteiger partial charge in [0.1, 0.15) is 0 Å². The Labute approximate surface area is 172 Å². The summed E-state index contributed by atoms with van der Waals surface area (Å²) in [7, 11) is 0. The molecule has 0 unspecified atom stereocenters. The maximum absolute atomic E-state index is 12.7. The van der Waals surface area contributed by atoms with E-state index >= 15 is 0 Å². The second kappa shape index (κ2) is 9.29. The predicted octanol–water partition coefficient (Wildman–Crippen LogP) is 2.85. The summed E-state index contributed by atoms with van der Waals surface area (Å²) < 4.78 is 10.8. The fourth-order valence-electron chi connectivity index (χ4n) is 3.80. The molecular formula is C23H29N3O3. The van der Waals surface area contributed by atoms with Crippen molar-refractivity contribution in [3.05, 3.63) is 59.7 Å². The molecule has 2 aliphatic rings. The van der Waals surface area contributed by atoms with Gasteiger partial charge in [0.05, 0.1) is 32.5 Å². The minimum Gasteiger partial charge on any atom is -0.378 e. The lowest BCUT2D eigenvalue weighted by Crippen LogP contribution is -2.36. The van der Waals surface area contributed by atoms with Gasteiger partial charge in [-0.05, 0) is 48.9 Å². The molecule has 0 aliphatic carbocycles. The molecule has 0 spiro atoms. The van der Waals surface area contributed by atoms with E-state index in [1.54, 1.807) is 0 Å². The zero-order valence-electron chi connectivity index (χ0n) is 17.0. The lowest BCUT2D eigenvalue weighted by Gasteiger charge is -2.29. The summed E-state index contributed by atoms with van der Waals surface area (Å²) >= 11 is 0. The van der Waals surface area contributed by atoms with Crippen molar-refractivity contribution in [1.82, 2.24) is 5.32 Å². The van der Waals surface area contributed by atoms with E-state index in [0.717, 1.165) is 63.9 Å². The smallest absolute Gasteiger partial charge is 0.251 e. The zero-order chi connectivity index (χ0) is 20.1. The SMILES string of the molecule is C[C@H](NC(=O)c1ccc(N2CCOCC2)cc1)c1ccc(N2CCOCC2)cc1. The highest BCUT2D eigenvalue weighted by Crippen LogP contribution is 2.21. The molecule has 6 nitrogen and oxygen atoms in total. The van der Waals surface area contributed by atoms with E-state index in [0.29, 0.717) is 5.56 Å². The van der Waals surface area contributed by atoms with Crippen LogP contribution in [-0.2, 0) is 9.47 Å². The summed E-state index contributed by atoms with van der Waals surface area (Å²) in [6.45, 7) is 8.71. The zero-order valence-corrected chi connectivity index (χ0v) is 17.0. The van der Waals surface area contributed by atoms with Gasteiger partial charge in [0.25, 0.3) is 5.91 Å². The average molecular weight is 396 g/mol. The molecule has 4 rings (SSSR count). The van der Waals surface area contributed by atoms with Crippen molar-refractivity contribution in [2.75, 3.05) is 62.4 Å². The number of nitrogens with one attached hydrogen (secondary N) is 1. The first-order valence-electron chi connectivity index (χ1n) is 10.4. The van der Waals surface area contributed by atoms with Gasteiger partial charge in [-0.1, -0.05) is 12.1 Å². The Kier molecular flexibility index (Phi) is 6.32. The first-order chi connectivity index (χ1) is 14.2. The number of rotatable bonds is 5. The topological polar surface area (TPSA) is 54.0 Å². The van der Waals surface area contributed by atoms with Crippen molar-refractivity contribution in [2.24, 2.45) is 0 Å². The third-order valence-corrected chi connectivity index (χ3v) is 5.62. The van der Waals surface area contributed by atoms with Gasteiger partial charge >= 0.3 is 0 Å². The molecule has 154 valence electrons. The van der Waals surface area contributed by atoms with Crippen LogP contribution in [0.1, 0.15) is 28.9 Å². The van der Waals surface area contributed by atoms with Gasteiger partial charge in [-0.3, -0.25) is 4.79 Å².